The Balaban J connectivity index is 1.82. The van der Waals surface area contributed by atoms with Gasteiger partial charge < -0.3 is 15.5 Å². The van der Waals surface area contributed by atoms with Gasteiger partial charge in [-0.15, -0.1) is 0 Å². The van der Waals surface area contributed by atoms with E-state index in [9.17, 15) is 9.59 Å². The summed E-state index contributed by atoms with van der Waals surface area (Å²) in [4.78, 5) is 26.3. The summed E-state index contributed by atoms with van der Waals surface area (Å²) in [5, 5.41) is 6.10. The second kappa shape index (κ2) is 7.66. The second-order valence-corrected chi connectivity index (χ2v) is 6.73. The van der Waals surface area contributed by atoms with Crippen molar-refractivity contribution in [3.05, 3.63) is 0 Å². The first-order chi connectivity index (χ1) is 10.1. The van der Waals surface area contributed by atoms with E-state index in [4.69, 9.17) is 0 Å². The fourth-order valence-electron chi connectivity index (χ4n) is 3.29. The number of amides is 3. The van der Waals surface area contributed by atoms with E-state index >= 15 is 0 Å². The molecule has 0 unspecified atom stereocenters. The Labute approximate surface area is 127 Å². The Morgan fingerprint density at radius 3 is 2.43 bits per heavy atom. The SMILES string of the molecule is CC(C)NC(=O)[C@H]1CCCN(C(=O)NC2CCCCC2)C1. The molecular formula is C16H29N3O2. The molecule has 1 saturated carbocycles. The molecule has 0 aromatic carbocycles. The summed E-state index contributed by atoms with van der Waals surface area (Å²) in [5.74, 6) is 0.0263. The number of hydrogen-bond donors (Lipinski definition) is 2. The minimum Gasteiger partial charge on any atom is -0.354 e. The van der Waals surface area contributed by atoms with Gasteiger partial charge in [-0.3, -0.25) is 4.79 Å². The lowest BCUT2D eigenvalue weighted by molar-refractivity contribution is -0.126. The maximum absolute atomic E-state index is 12.3. The van der Waals surface area contributed by atoms with E-state index in [1.807, 2.05) is 18.7 Å². The predicted octanol–water partition coefficient (Wildman–Crippen LogP) is 2.27. The van der Waals surface area contributed by atoms with Crippen molar-refractivity contribution in [3.63, 3.8) is 0 Å². The summed E-state index contributed by atoms with van der Waals surface area (Å²) in [6, 6.07) is 0.504. The number of urea groups is 1. The highest BCUT2D eigenvalue weighted by Crippen LogP contribution is 2.20. The van der Waals surface area contributed by atoms with Gasteiger partial charge in [0.05, 0.1) is 5.92 Å². The van der Waals surface area contributed by atoms with E-state index in [1.165, 1.54) is 19.3 Å². The molecule has 2 N–H and O–H groups in total. The van der Waals surface area contributed by atoms with Gasteiger partial charge in [0.1, 0.15) is 0 Å². The molecule has 0 aromatic heterocycles. The van der Waals surface area contributed by atoms with E-state index < -0.39 is 0 Å². The van der Waals surface area contributed by atoms with E-state index in [2.05, 4.69) is 10.6 Å². The zero-order chi connectivity index (χ0) is 15.2. The maximum Gasteiger partial charge on any atom is 0.317 e. The molecule has 2 aliphatic rings. The maximum atomic E-state index is 12.3. The average molecular weight is 295 g/mol. The molecule has 5 nitrogen and oxygen atoms in total. The smallest absolute Gasteiger partial charge is 0.317 e. The molecule has 0 bridgehead atoms. The molecule has 0 radical (unpaired) electrons. The molecule has 1 saturated heterocycles. The van der Waals surface area contributed by atoms with Crippen LogP contribution in [0.15, 0.2) is 0 Å². The van der Waals surface area contributed by atoms with Gasteiger partial charge in [-0.1, -0.05) is 19.3 Å². The standard InChI is InChI=1S/C16H29N3O2/c1-12(2)17-15(20)13-7-6-10-19(11-13)16(21)18-14-8-4-3-5-9-14/h12-14H,3-11H2,1-2H3,(H,17,20)(H,18,21)/t13-/m0/s1. The third kappa shape index (κ3) is 4.90. The lowest BCUT2D eigenvalue weighted by atomic mass is 9.95. The summed E-state index contributed by atoms with van der Waals surface area (Å²) in [6.07, 6.45) is 7.69. The number of nitrogens with zero attached hydrogens (tertiary/aromatic N) is 1. The van der Waals surface area contributed by atoms with Gasteiger partial charge in [0.15, 0.2) is 0 Å². The van der Waals surface area contributed by atoms with Crippen molar-refractivity contribution in [2.45, 2.75) is 70.9 Å². The zero-order valence-electron chi connectivity index (χ0n) is 13.4. The highest BCUT2D eigenvalue weighted by Gasteiger charge is 2.29. The molecule has 2 fully saturated rings. The number of nitrogens with one attached hydrogen (secondary N) is 2. The fourth-order valence-corrected chi connectivity index (χ4v) is 3.29. The van der Waals surface area contributed by atoms with Gasteiger partial charge >= 0.3 is 6.03 Å². The van der Waals surface area contributed by atoms with E-state index in [0.717, 1.165) is 32.2 Å². The Bertz CT molecular complexity index is 365. The van der Waals surface area contributed by atoms with Gasteiger partial charge in [0.2, 0.25) is 5.91 Å². The molecule has 1 aliphatic heterocycles. The molecule has 3 amide bonds. The van der Waals surface area contributed by atoms with Crippen LogP contribution in [0.1, 0.15) is 58.8 Å². The van der Waals surface area contributed by atoms with Crippen LogP contribution in [-0.4, -0.2) is 42.0 Å². The number of hydrogen-bond acceptors (Lipinski definition) is 2. The molecule has 21 heavy (non-hydrogen) atoms. The Hall–Kier alpha value is -1.26. The van der Waals surface area contributed by atoms with Crippen molar-refractivity contribution in [1.29, 1.82) is 0 Å². The van der Waals surface area contributed by atoms with E-state index in [-0.39, 0.29) is 23.9 Å². The van der Waals surface area contributed by atoms with E-state index in [0.29, 0.717) is 12.6 Å². The van der Waals surface area contributed by atoms with Gasteiger partial charge in [-0.05, 0) is 39.5 Å². The first kappa shape index (κ1) is 16.1. The number of likely N-dealkylation sites (tertiary alicyclic amines) is 1. The number of carbonyl (C=O) groups is 2. The predicted molar refractivity (Wildman–Crippen MR) is 83.0 cm³/mol. The Morgan fingerprint density at radius 2 is 1.76 bits per heavy atom. The minimum atomic E-state index is -0.0572. The summed E-state index contributed by atoms with van der Waals surface area (Å²) in [6.45, 7) is 5.25. The quantitative estimate of drug-likeness (QED) is 0.839. The number of piperidine rings is 1. The molecule has 1 atom stereocenters. The van der Waals surface area contributed by atoms with Gasteiger partial charge in [0.25, 0.3) is 0 Å². The molecule has 120 valence electrons. The largest absolute Gasteiger partial charge is 0.354 e. The lowest BCUT2D eigenvalue weighted by Gasteiger charge is -2.34. The molecule has 2 rings (SSSR count). The van der Waals surface area contributed by atoms with Crippen LogP contribution in [0.3, 0.4) is 0 Å². The van der Waals surface area contributed by atoms with E-state index in [1.54, 1.807) is 0 Å². The molecule has 1 heterocycles. The van der Waals surface area contributed by atoms with Gasteiger partial charge in [-0.2, -0.15) is 0 Å². The zero-order valence-corrected chi connectivity index (χ0v) is 13.4. The van der Waals surface area contributed by atoms with Crippen molar-refractivity contribution >= 4 is 11.9 Å². The molecular weight excluding hydrogens is 266 g/mol. The monoisotopic (exact) mass is 295 g/mol. The van der Waals surface area contributed by atoms with Crippen LogP contribution in [0.2, 0.25) is 0 Å². The van der Waals surface area contributed by atoms with Crippen molar-refractivity contribution in [2.75, 3.05) is 13.1 Å². The highest BCUT2D eigenvalue weighted by molar-refractivity contribution is 5.81. The normalized spacial score (nSPS) is 24.0. The summed E-state index contributed by atoms with van der Waals surface area (Å²) >= 11 is 0. The number of carbonyl (C=O) groups excluding carboxylic acids is 2. The second-order valence-electron chi connectivity index (χ2n) is 6.73. The van der Waals surface area contributed by atoms with Crippen molar-refractivity contribution in [1.82, 2.24) is 15.5 Å². The van der Waals surface area contributed by atoms with Gasteiger partial charge in [0, 0.05) is 25.2 Å². The van der Waals surface area contributed by atoms with Crippen LogP contribution in [0.5, 0.6) is 0 Å². The average Bonchev–Trinajstić information content (AvgIpc) is 2.47. The van der Waals surface area contributed by atoms with Crippen LogP contribution in [0.4, 0.5) is 4.79 Å². The summed E-state index contributed by atoms with van der Waals surface area (Å²) in [7, 11) is 0. The lowest BCUT2D eigenvalue weighted by Crippen LogP contribution is -2.51. The van der Waals surface area contributed by atoms with Crippen molar-refractivity contribution in [3.8, 4) is 0 Å². The van der Waals surface area contributed by atoms with Crippen molar-refractivity contribution in [2.24, 2.45) is 5.92 Å². The number of rotatable bonds is 3. The van der Waals surface area contributed by atoms with Crippen LogP contribution in [0.25, 0.3) is 0 Å². The Morgan fingerprint density at radius 1 is 1.05 bits per heavy atom. The van der Waals surface area contributed by atoms with Crippen LogP contribution >= 0.6 is 0 Å². The molecule has 1 aliphatic carbocycles. The first-order valence-electron chi connectivity index (χ1n) is 8.42. The third-order valence-corrected chi connectivity index (χ3v) is 4.44. The molecule has 0 aromatic rings. The molecule has 5 heteroatoms. The topological polar surface area (TPSA) is 61.4 Å². The van der Waals surface area contributed by atoms with Crippen LogP contribution in [0, 0.1) is 5.92 Å². The van der Waals surface area contributed by atoms with Gasteiger partial charge in [-0.25, -0.2) is 4.79 Å². The fraction of sp³-hybridized carbons (Fsp3) is 0.875. The van der Waals surface area contributed by atoms with Crippen LogP contribution in [-0.2, 0) is 4.79 Å². The molecule has 0 spiro atoms. The summed E-state index contributed by atoms with van der Waals surface area (Å²) < 4.78 is 0. The Kier molecular flexibility index (Phi) is 5.88. The highest BCUT2D eigenvalue weighted by atomic mass is 16.2. The minimum absolute atomic E-state index is 0.0175. The van der Waals surface area contributed by atoms with Crippen LogP contribution < -0.4 is 10.6 Å². The van der Waals surface area contributed by atoms with Crippen molar-refractivity contribution < 1.29 is 9.59 Å². The third-order valence-electron chi connectivity index (χ3n) is 4.44. The first-order valence-corrected chi connectivity index (χ1v) is 8.42. The summed E-state index contributed by atoms with van der Waals surface area (Å²) in [5.41, 5.74) is 0.